The van der Waals surface area contributed by atoms with E-state index in [1.807, 2.05) is 0 Å². The van der Waals surface area contributed by atoms with E-state index in [2.05, 4.69) is 15.9 Å². The van der Waals surface area contributed by atoms with E-state index in [4.69, 9.17) is 16.3 Å². The van der Waals surface area contributed by atoms with Gasteiger partial charge in [-0.1, -0.05) is 11.6 Å². The van der Waals surface area contributed by atoms with Crippen LogP contribution < -0.4 is 0 Å². The van der Waals surface area contributed by atoms with Gasteiger partial charge in [0.2, 0.25) is 0 Å². The Morgan fingerprint density at radius 2 is 2.06 bits per heavy atom. The first-order valence-corrected chi connectivity index (χ1v) is 6.35. The molecule has 92 valence electrons. The molecule has 1 aromatic rings. The van der Waals surface area contributed by atoms with E-state index in [0.29, 0.717) is 21.7 Å². The molecule has 0 aliphatic rings. The molecule has 1 aromatic carbocycles. The van der Waals surface area contributed by atoms with E-state index in [9.17, 15) is 9.59 Å². The van der Waals surface area contributed by atoms with Crippen molar-refractivity contribution in [1.29, 1.82) is 0 Å². The van der Waals surface area contributed by atoms with Gasteiger partial charge in [0, 0.05) is 16.5 Å². The van der Waals surface area contributed by atoms with Crippen molar-refractivity contribution < 1.29 is 14.3 Å². The molecule has 5 heteroatoms. The van der Waals surface area contributed by atoms with Crippen LogP contribution in [0.2, 0.25) is 5.02 Å². The van der Waals surface area contributed by atoms with Crippen LogP contribution in [0.15, 0.2) is 22.7 Å². The van der Waals surface area contributed by atoms with Gasteiger partial charge in [-0.15, -0.1) is 0 Å². The van der Waals surface area contributed by atoms with Crippen molar-refractivity contribution >= 4 is 39.3 Å². The number of ether oxygens (including phenoxy) is 1. The van der Waals surface area contributed by atoms with Crippen molar-refractivity contribution in [2.24, 2.45) is 0 Å². The molecule has 0 fully saturated rings. The van der Waals surface area contributed by atoms with Gasteiger partial charge in [-0.3, -0.25) is 9.59 Å². The van der Waals surface area contributed by atoms with Crippen LogP contribution in [0.1, 0.15) is 30.1 Å². The number of carbonyl (C=O) groups excluding carboxylic acids is 2. The maximum atomic E-state index is 11.7. The number of hydrogen-bond donors (Lipinski definition) is 0. The van der Waals surface area contributed by atoms with Crippen LogP contribution in [0, 0.1) is 0 Å². The molecule has 1 rings (SSSR count). The average molecular weight is 320 g/mol. The largest absolute Gasteiger partial charge is 0.466 e. The number of benzene rings is 1. The molecule has 0 radical (unpaired) electrons. The Bertz CT molecular complexity index is 432. The average Bonchev–Trinajstić information content (AvgIpc) is 2.30. The number of ketones is 1. The number of halogens is 2. The van der Waals surface area contributed by atoms with Gasteiger partial charge in [0.1, 0.15) is 0 Å². The lowest BCUT2D eigenvalue weighted by Gasteiger charge is -2.03. The summed E-state index contributed by atoms with van der Waals surface area (Å²) in [7, 11) is 0. The molecular formula is C12H12BrClO3. The minimum atomic E-state index is -0.353. The fourth-order valence-electron chi connectivity index (χ4n) is 1.26. The van der Waals surface area contributed by atoms with Gasteiger partial charge in [-0.2, -0.15) is 0 Å². The molecule has 0 N–H and O–H groups in total. The molecule has 0 saturated heterocycles. The third kappa shape index (κ3) is 4.48. The fourth-order valence-corrected chi connectivity index (χ4v) is 1.76. The summed E-state index contributed by atoms with van der Waals surface area (Å²) >= 11 is 9.07. The highest BCUT2D eigenvalue weighted by Gasteiger charge is 2.11. The Morgan fingerprint density at radius 1 is 1.35 bits per heavy atom. The molecule has 0 spiro atoms. The second kappa shape index (κ2) is 6.77. The Kier molecular flexibility index (Phi) is 5.65. The van der Waals surface area contributed by atoms with E-state index >= 15 is 0 Å². The van der Waals surface area contributed by atoms with E-state index in [0.717, 1.165) is 0 Å². The molecule has 0 aromatic heterocycles. The monoisotopic (exact) mass is 318 g/mol. The highest BCUT2D eigenvalue weighted by Crippen LogP contribution is 2.23. The zero-order chi connectivity index (χ0) is 12.8. The summed E-state index contributed by atoms with van der Waals surface area (Å²) < 4.78 is 5.42. The first-order chi connectivity index (χ1) is 8.04. The Hall–Kier alpha value is -0.870. The number of carbonyl (C=O) groups is 2. The van der Waals surface area contributed by atoms with E-state index in [-0.39, 0.29) is 24.6 Å². The summed E-state index contributed by atoms with van der Waals surface area (Å²) in [5, 5.41) is 0.548. The molecule has 0 atom stereocenters. The second-order valence-corrected chi connectivity index (χ2v) is 4.62. The number of esters is 1. The molecule has 17 heavy (non-hydrogen) atoms. The van der Waals surface area contributed by atoms with Crippen molar-refractivity contribution in [3.63, 3.8) is 0 Å². The van der Waals surface area contributed by atoms with Crippen molar-refractivity contribution in [1.82, 2.24) is 0 Å². The van der Waals surface area contributed by atoms with Crippen LogP contribution in [0.3, 0.4) is 0 Å². The van der Waals surface area contributed by atoms with Crippen molar-refractivity contribution in [2.75, 3.05) is 6.61 Å². The Morgan fingerprint density at radius 3 is 2.65 bits per heavy atom. The third-order valence-electron chi connectivity index (χ3n) is 2.10. The van der Waals surface area contributed by atoms with Crippen LogP contribution in [-0.2, 0) is 9.53 Å². The Labute approximate surface area is 113 Å². The summed E-state index contributed by atoms with van der Waals surface area (Å²) in [6.07, 6.45) is 0.250. The van der Waals surface area contributed by atoms with Crippen molar-refractivity contribution in [2.45, 2.75) is 19.8 Å². The quantitative estimate of drug-likeness (QED) is 0.615. The van der Waals surface area contributed by atoms with Crippen LogP contribution in [-0.4, -0.2) is 18.4 Å². The fraction of sp³-hybridized carbons (Fsp3) is 0.333. The van der Waals surface area contributed by atoms with Gasteiger partial charge in [-0.25, -0.2) is 0 Å². The number of rotatable bonds is 5. The van der Waals surface area contributed by atoms with E-state index in [1.54, 1.807) is 25.1 Å². The predicted molar refractivity (Wildman–Crippen MR) is 69.3 cm³/mol. The SMILES string of the molecule is CCOC(=O)CCC(=O)c1ccc(Cl)c(Br)c1. The molecule has 0 amide bonds. The van der Waals surface area contributed by atoms with Crippen molar-refractivity contribution in [3.8, 4) is 0 Å². The molecule has 0 unspecified atom stereocenters. The van der Waals surface area contributed by atoms with Crippen LogP contribution in [0.25, 0.3) is 0 Å². The molecule has 0 bridgehead atoms. The summed E-state index contributed by atoms with van der Waals surface area (Å²) in [6.45, 7) is 2.07. The molecule has 3 nitrogen and oxygen atoms in total. The zero-order valence-electron chi connectivity index (χ0n) is 9.33. The summed E-state index contributed by atoms with van der Waals surface area (Å²) in [5.41, 5.74) is 0.533. The Balaban J connectivity index is 2.58. The summed E-state index contributed by atoms with van der Waals surface area (Å²) in [5.74, 6) is -0.454. The highest BCUT2D eigenvalue weighted by molar-refractivity contribution is 9.10. The predicted octanol–water partition coefficient (Wildman–Crippen LogP) is 3.63. The van der Waals surface area contributed by atoms with Crippen LogP contribution >= 0.6 is 27.5 Å². The lowest BCUT2D eigenvalue weighted by Crippen LogP contribution is -2.07. The van der Waals surface area contributed by atoms with Gasteiger partial charge in [0.05, 0.1) is 18.1 Å². The summed E-state index contributed by atoms with van der Waals surface area (Å²) in [6, 6.07) is 4.93. The standard InChI is InChI=1S/C12H12BrClO3/c1-2-17-12(16)6-5-11(15)8-3-4-10(14)9(13)7-8/h3-4,7H,2,5-6H2,1H3. The second-order valence-electron chi connectivity index (χ2n) is 3.36. The molecular weight excluding hydrogens is 307 g/mol. The topological polar surface area (TPSA) is 43.4 Å². The third-order valence-corrected chi connectivity index (χ3v) is 3.32. The minimum Gasteiger partial charge on any atom is -0.466 e. The van der Waals surface area contributed by atoms with Gasteiger partial charge in [0.25, 0.3) is 0 Å². The van der Waals surface area contributed by atoms with E-state index in [1.165, 1.54) is 0 Å². The van der Waals surface area contributed by atoms with Crippen LogP contribution in [0.4, 0.5) is 0 Å². The lowest BCUT2D eigenvalue weighted by molar-refractivity contribution is -0.143. The molecule has 0 aliphatic carbocycles. The maximum absolute atomic E-state index is 11.7. The smallest absolute Gasteiger partial charge is 0.306 e. The highest BCUT2D eigenvalue weighted by atomic mass is 79.9. The van der Waals surface area contributed by atoms with Gasteiger partial charge in [0.15, 0.2) is 5.78 Å². The minimum absolute atomic E-state index is 0.101. The molecule has 0 aliphatic heterocycles. The van der Waals surface area contributed by atoms with Gasteiger partial charge in [-0.05, 0) is 41.1 Å². The van der Waals surface area contributed by atoms with E-state index < -0.39 is 0 Å². The first-order valence-electron chi connectivity index (χ1n) is 5.18. The van der Waals surface area contributed by atoms with Crippen molar-refractivity contribution in [3.05, 3.63) is 33.3 Å². The van der Waals surface area contributed by atoms with Gasteiger partial charge >= 0.3 is 5.97 Å². The zero-order valence-corrected chi connectivity index (χ0v) is 11.7. The lowest BCUT2D eigenvalue weighted by atomic mass is 10.1. The summed E-state index contributed by atoms with van der Waals surface area (Å²) in [4.78, 5) is 22.8. The maximum Gasteiger partial charge on any atom is 0.306 e. The number of hydrogen-bond acceptors (Lipinski definition) is 3. The number of Topliss-reactive ketones (excluding diaryl/α,β-unsaturated/α-hetero) is 1. The van der Waals surface area contributed by atoms with Crippen LogP contribution in [0.5, 0.6) is 0 Å². The van der Waals surface area contributed by atoms with Gasteiger partial charge < -0.3 is 4.74 Å². The normalized spacial score (nSPS) is 10.1. The first kappa shape index (κ1) is 14.2. The molecule has 0 heterocycles. The molecule has 0 saturated carbocycles.